The number of hydrogen-bond acceptors (Lipinski definition) is 6. The summed E-state index contributed by atoms with van der Waals surface area (Å²) in [7, 11) is 0. The zero-order valence-electron chi connectivity index (χ0n) is 16.7. The van der Waals surface area contributed by atoms with Gasteiger partial charge < -0.3 is 14.6 Å². The van der Waals surface area contributed by atoms with Crippen LogP contribution in [0.15, 0.2) is 35.0 Å². The Bertz CT molecular complexity index is 1080. The van der Waals surface area contributed by atoms with E-state index in [9.17, 15) is 4.79 Å². The van der Waals surface area contributed by atoms with Gasteiger partial charge in [0.25, 0.3) is 0 Å². The summed E-state index contributed by atoms with van der Waals surface area (Å²) in [4.78, 5) is 16.7. The topological polar surface area (TPSA) is 102 Å². The Labute approximate surface area is 178 Å². The predicted octanol–water partition coefficient (Wildman–Crippen LogP) is 3.63. The summed E-state index contributed by atoms with van der Waals surface area (Å²) in [6, 6.07) is 5.37. The molecule has 2 unspecified atom stereocenters. The predicted molar refractivity (Wildman–Crippen MR) is 109 cm³/mol. The summed E-state index contributed by atoms with van der Waals surface area (Å²) < 4.78 is 5.62. The number of aryl methyl sites for hydroxylation is 1. The lowest BCUT2D eigenvalue weighted by molar-refractivity contribution is -0.0918. The number of piperidine rings is 1. The van der Waals surface area contributed by atoms with Crippen LogP contribution in [0.5, 0.6) is 0 Å². The van der Waals surface area contributed by atoms with Crippen molar-refractivity contribution in [2.45, 2.75) is 51.1 Å². The molecular weight excluding hydrogens is 406 g/mol. The van der Waals surface area contributed by atoms with Gasteiger partial charge in [-0.2, -0.15) is 15.0 Å². The summed E-state index contributed by atoms with van der Waals surface area (Å²) in [6.45, 7) is 4.01. The molecule has 5 rings (SSSR count). The molecule has 156 valence electrons. The number of amides is 2. The molecule has 1 N–H and O–H groups in total. The third-order valence-electron chi connectivity index (χ3n) is 5.99. The molecule has 0 radical (unpaired) electrons. The Morgan fingerprint density at radius 3 is 2.83 bits per heavy atom. The fourth-order valence-electron chi connectivity index (χ4n) is 5.04. The second-order valence-electron chi connectivity index (χ2n) is 8.30. The lowest BCUT2D eigenvalue weighted by Crippen LogP contribution is -2.73. The van der Waals surface area contributed by atoms with Crippen molar-refractivity contribution in [2.24, 2.45) is 5.92 Å². The Kier molecular flexibility index (Phi) is 4.50. The van der Waals surface area contributed by atoms with E-state index in [0.29, 0.717) is 40.5 Å². The van der Waals surface area contributed by atoms with E-state index in [0.717, 1.165) is 19.3 Å². The number of anilines is 1. The van der Waals surface area contributed by atoms with Gasteiger partial charge in [-0.15, -0.1) is 10.2 Å². The van der Waals surface area contributed by atoms with Crippen LogP contribution < -0.4 is 5.32 Å². The number of halogens is 1. The average Bonchev–Trinajstić information content (AvgIpc) is 3.34. The number of fused-ring (bicyclic) bond motifs is 2. The van der Waals surface area contributed by atoms with Crippen molar-refractivity contribution < 1.29 is 9.21 Å². The van der Waals surface area contributed by atoms with Crippen molar-refractivity contribution in [1.82, 2.24) is 30.1 Å². The van der Waals surface area contributed by atoms with Gasteiger partial charge in [0.1, 0.15) is 5.69 Å². The summed E-state index contributed by atoms with van der Waals surface area (Å²) in [6.07, 6.45) is 6.60. The number of benzene rings is 1. The van der Waals surface area contributed by atoms with Gasteiger partial charge in [-0.05, 0) is 43.4 Å². The second kappa shape index (κ2) is 7.09. The molecule has 1 saturated carbocycles. The molecule has 0 spiro atoms. The molecule has 1 aliphatic carbocycles. The fourth-order valence-corrected chi connectivity index (χ4v) is 5.23. The Balaban J connectivity index is 1.38. The minimum atomic E-state index is -0.288. The van der Waals surface area contributed by atoms with Gasteiger partial charge in [0.15, 0.2) is 0 Å². The third-order valence-corrected chi connectivity index (χ3v) is 6.31. The summed E-state index contributed by atoms with van der Waals surface area (Å²) in [5.74, 6) is 1.67. The van der Waals surface area contributed by atoms with Crippen LogP contribution in [0.2, 0.25) is 5.02 Å². The molecule has 2 fully saturated rings. The van der Waals surface area contributed by atoms with Crippen LogP contribution in [0.1, 0.15) is 38.0 Å². The molecule has 3 aromatic rings. The van der Waals surface area contributed by atoms with Gasteiger partial charge in [-0.25, -0.2) is 4.79 Å². The van der Waals surface area contributed by atoms with E-state index in [4.69, 9.17) is 16.0 Å². The van der Waals surface area contributed by atoms with E-state index < -0.39 is 0 Å². The number of carbonyl (C=O) groups is 1. The van der Waals surface area contributed by atoms with E-state index in [1.165, 1.54) is 4.80 Å². The van der Waals surface area contributed by atoms with Gasteiger partial charge in [0.05, 0.1) is 23.0 Å². The first-order chi connectivity index (χ1) is 14.4. The number of nitrogens with zero attached hydrogens (tertiary/aromatic N) is 6. The van der Waals surface area contributed by atoms with Gasteiger partial charge in [0, 0.05) is 25.1 Å². The van der Waals surface area contributed by atoms with Crippen molar-refractivity contribution in [3.63, 3.8) is 0 Å². The third kappa shape index (κ3) is 3.23. The Morgan fingerprint density at radius 1 is 1.30 bits per heavy atom. The van der Waals surface area contributed by atoms with Crippen LogP contribution in [0.25, 0.3) is 5.69 Å². The minimum Gasteiger partial charge on any atom is -0.426 e. The number of likely N-dealkylation sites (tertiary alicyclic amines) is 1. The average molecular weight is 428 g/mol. The second-order valence-corrected chi connectivity index (χ2v) is 8.71. The highest BCUT2D eigenvalue weighted by Crippen LogP contribution is 2.51. The maximum absolute atomic E-state index is 13.3. The molecule has 10 heteroatoms. The highest BCUT2D eigenvalue weighted by atomic mass is 35.5. The zero-order valence-corrected chi connectivity index (χ0v) is 17.5. The fraction of sp³-hybridized carbons (Fsp3) is 0.450. The largest absolute Gasteiger partial charge is 0.426 e. The van der Waals surface area contributed by atoms with Gasteiger partial charge in [-0.1, -0.05) is 18.5 Å². The van der Waals surface area contributed by atoms with E-state index in [1.54, 1.807) is 37.5 Å². The first-order valence-electron chi connectivity index (χ1n) is 9.99. The molecule has 2 bridgehead atoms. The normalized spacial score (nSPS) is 25.1. The van der Waals surface area contributed by atoms with Crippen LogP contribution in [-0.2, 0) is 6.42 Å². The molecule has 2 amide bonds. The van der Waals surface area contributed by atoms with Gasteiger partial charge >= 0.3 is 6.03 Å². The summed E-state index contributed by atoms with van der Waals surface area (Å²) in [5, 5.41) is 19.9. The molecule has 30 heavy (non-hydrogen) atoms. The van der Waals surface area contributed by atoms with E-state index >= 15 is 0 Å². The SMILES string of the molecule is Cc1nnc(CC23CC(C[C@H](C)C2)N3C(=O)Nc2ccc(Cl)c(-n3nccn3)c2)o1. The summed E-state index contributed by atoms with van der Waals surface area (Å²) in [5.41, 5.74) is 0.955. The van der Waals surface area contributed by atoms with Crippen molar-refractivity contribution in [3.8, 4) is 5.69 Å². The van der Waals surface area contributed by atoms with E-state index in [2.05, 4.69) is 32.6 Å². The van der Waals surface area contributed by atoms with Gasteiger partial charge in [-0.3, -0.25) is 0 Å². The quantitative estimate of drug-likeness (QED) is 0.682. The summed E-state index contributed by atoms with van der Waals surface area (Å²) >= 11 is 6.29. The molecular formula is C20H22ClN7O2. The molecule has 1 aromatic carbocycles. The molecule has 2 aromatic heterocycles. The molecule has 3 heterocycles. The maximum Gasteiger partial charge on any atom is 0.322 e. The first-order valence-corrected chi connectivity index (χ1v) is 10.4. The number of aromatic nitrogens is 5. The molecule has 1 aliphatic heterocycles. The molecule has 2 aliphatic rings. The smallest absolute Gasteiger partial charge is 0.322 e. The number of hydrogen-bond donors (Lipinski definition) is 1. The van der Waals surface area contributed by atoms with Crippen molar-refractivity contribution in [2.75, 3.05) is 5.32 Å². The Morgan fingerprint density at radius 2 is 2.10 bits per heavy atom. The van der Waals surface area contributed by atoms with Crippen LogP contribution in [0.3, 0.4) is 0 Å². The molecule has 9 nitrogen and oxygen atoms in total. The monoisotopic (exact) mass is 427 g/mol. The zero-order chi connectivity index (χ0) is 20.9. The number of urea groups is 1. The highest BCUT2D eigenvalue weighted by Gasteiger charge is 2.58. The maximum atomic E-state index is 13.3. The standard InChI is InChI=1S/C20H22ClN7O2/c1-12-7-15-10-20(9-12,11-18-26-25-13(2)30-18)27(15)19(29)24-14-3-4-16(21)17(8-14)28-22-5-6-23-28/h3-6,8,12,15H,7,9-11H2,1-2H3,(H,24,29)/t12-,15?,20?/m0/s1. The van der Waals surface area contributed by atoms with Crippen LogP contribution >= 0.6 is 11.6 Å². The van der Waals surface area contributed by atoms with Crippen LogP contribution in [0.4, 0.5) is 10.5 Å². The van der Waals surface area contributed by atoms with Crippen molar-refractivity contribution in [1.29, 1.82) is 0 Å². The lowest BCUT2D eigenvalue weighted by atomic mass is 9.63. The van der Waals surface area contributed by atoms with Crippen LogP contribution in [0, 0.1) is 12.8 Å². The van der Waals surface area contributed by atoms with Crippen molar-refractivity contribution >= 4 is 23.3 Å². The van der Waals surface area contributed by atoms with Gasteiger partial charge in [0.2, 0.25) is 11.8 Å². The minimum absolute atomic E-state index is 0.129. The first kappa shape index (κ1) is 19.0. The molecule has 3 atom stereocenters. The van der Waals surface area contributed by atoms with Crippen molar-refractivity contribution in [3.05, 3.63) is 47.4 Å². The highest BCUT2D eigenvalue weighted by molar-refractivity contribution is 6.32. The van der Waals surface area contributed by atoms with E-state index in [-0.39, 0.29) is 17.6 Å². The van der Waals surface area contributed by atoms with Crippen LogP contribution in [-0.4, -0.2) is 47.7 Å². The number of nitrogens with one attached hydrogen (secondary N) is 1. The Hall–Kier alpha value is -2.94. The molecule has 1 saturated heterocycles. The lowest BCUT2D eigenvalue weighted by Gasteiger charge is -2.63. The number of carbonyl (C=O) groups excluding carboxylic acids is 1. The van der Waals surface area contributed by atoms with E-state index in [1.807, 2.05) is 4.90 Å². The number of rotatable bonds is 4.